The zero-order valence-corrected chi connectivity index (χ0v) is 17.1. The number of fused-ring (bicyclic) bond motifs is 1. The Balaban J connectivity index is 1.70. The topological polar surface area (TPSA) is 71.9 Å². The second-order valence-electron chi connectivity index (χ2n) is 7.36. The molecule has 6 nitrogen and oxygen atoms in total. The van der Waals surface area contributed by atoms with Crippen molar-refractivity contribution < 1.29 is 4.74 Å². The number of nitrogens with one attached hydrogen (secondary N) is 2. The van der Waals surface area contributed by atoms with E-state index in [4.69, 9.17) is 4.74 Å². The Labute approximate surface area is 175 Å². The third-order valence-corrected chi connectivity index (χ3v) is 5.30. The number of benzene rings is 1. The van der Waals surface area contributed by atoms with Crippen molar-refractivity contribution in [1.29, 1.82) is 0 Å². The first-order chi connectivity index (χ1) is 14.7. The van der Waals surface area contributed by atoms with Gasteiger partial charge in [-0.25, -0.2) is 4.98 Å². The van der Waals surface area contributed by atoms with Gasteiger partial charge in [0.05, 0.1) is 12.9 Å². The Hall–Kier alpha value is -3.38. The zero-order valence-electron chi connectivity index (χ0n) is 17.1. The molecule has 1 fully saturated rings. The number of ether oxygens (including phenoxy) is 1. The van der Waals surface area contributed by atoms with Gasteiger partial charge < -0.3 is 19.6 Å². The van der Waals surface area contributed by atoms with Crippen LogP contribution in [-0.4, -0.2) is 34.2 Å². The Morgan fingerprint density at radius 3 is 2.90 bits per heavy atom. The van der Waals surface area contributed by atoms with Crippen molar-refractivity contribution in [3.8, 4) is 16.9 Å². The van der Waals surface area contributed by atoms with E-state index in [2.05, 4.69) is 21.9 Å². The van der Waals surface area contributed by atoms with E-state index in [1.807, 2.05) is 60.2 Å². The molecule has 0 amide bonds. The number of aromatic amines is 1. The van der Waals surface area contributed by atoms with Crippen LogP contribution in [0.4, 0.5) is 0 Å². The summed E-state index contributed by atoms with van der Waals surface area (Å²) in [6, 6.07) is 7.97. The van der Waals surface area contributed by atoms with Crippen molar-refractivity contribution in [3.63, 3.8) is 0 Å². The highest BCUT2D eigenvalue weighted by molar-refractivity contribution is 5.95. The molecule has 1 atom stereocenters. The van der Waals surface area contributed by atoms with Crippen LogP contribution in [0.1, 0.15) is 13.3 Å². The summed E-state index contributed by atoms with van der Waals surface area (Å²) >= 11 is 0. The molecule has 2 N–H and O–H groups in total. The summed E-state index contributed by atoms with van der Waals surface area (Å²) in [6.07, 6.45) is 12.0. The maximum atomic E-state index is 12.6. The van der Waals surface area contributed by atoms with Gasteiger partial charge in [-0.1, -0.05) is 30.9 Å². The third kappa shape index (κ3) is 4.00. The van der Waals surface area contributed by atoms with Crippen LogP contribution in [0.25, 0.3) is 27.9 Å². The SMILES string of the molecule is C=C/C=C(\C=C/C)n1cc(-c2ccc(OCC3CCNC3)cc2)c2nc[nH]c(=O)c21. The van der Waals surface area contributed by atoms with Crippen molar-refractivity contribution in [2.24, 2.45) is 5.92 Å². The molecule has 2 aromatic heterocycles. The van der Waals surface area contributed by atoms with Gasteiger partial charge in [0.25, 0.3) is 5.56 Å². The van der Waals surface area contributed by atoms with Crippen molar-refractivity contribution in [1.82, 2.24) is 19.9 Å². The lowest BCUT2D eigenvalue weighted by molar-refractivity contribution is 0.260. The zero-order chi connectivity index (χ0) is 20.9. The standard InChI is InChI=1S/C24H26N4O2/c1-3-5-19(6-4-2)28-14-21(22-23(28)24(29)27-16-26-22)18-7-9-20(10-8-18)30-15-17-11-12-25-13-17/h3-10,14,16-17,25H,1,11-13,15H2,2H3,(H,26,27,29)/b6-4-,19-5+. The van der Waals surface area contributed by atoms with Crippen LogP contribution in [0.3, 0.4) is 0 Å². The maximum Gasteiger partial charge on any atom is 0.275 e. The molecule has 0 saturated carbocycles. The molecule has 0 radical (unpaired) electrons. The molecule has 30 heavy (non-hydrogen) atoms. The number of allylic oxidation sites excluding steroid dienone is 5. The van der Waals surface area contributed by atoms with Gasteiger partial charge in [-0.15, -0.1) is 0 Å². The Morgan fingerprint density at radius 2 is 2.20 bits per heavy atom. The van der Waals surface area contributed by atoms with Gasteiger partial charge in [0.15, 0.2) is 0 Å². The van der Waals surface area contributed by atoms with Gasteiger partial charge in [-0.3, -0.25) is 4.79 Å². The molecule has 0 aliphatic carbocycles. The van der Waals surface area contributed by atoms with Gasteiger partial charge >= 0.3 is 0 Å². The summed E-state index contributed by atoms with van der Waals surface area (Å²) < 4.78 is 7.81. The average molecular weight is 402 g/mol. The molecule has 154 valence electrons. The van der Waals surface area contributed by atoms with Gasteiger partial charge in [-0.2, -0.15) is 0 Å². The van der Waals surface area contributed by atoms with E-state index in [1.54, 1.807) is 6.08 Å². The van der Waals surface area contributed by atoms with Crippen LogP contribution < -0.4 is 15.6 Å². The maximum absolute atomic E-state index is 12.6. The monoisotopic (exact) mass is 402 g/mol. The van der Waals surface area contributed by atoms with Crippen molar-refractivity contribution >= 4 is 16.7 Å². The average Bonchev–Trinajstić information content (AvgIpc) is 3.41. The smallest absolute Gasteiger partial charge is 0.275 e. The summed E-state index contributed by atoms with van der Waals surface area (Å²) in [4.78, 5) is 19.7. The minimum absolute atomic E-state index is 0.184. The lowest BCUT2D eigenvalue weighted by Crippen LogP contribution is -2.15. The van der Waals surface area contributed by atoms with Crippen molar-refractivity contribution in [2.75, 3.05) is 19.7 Å². The number of aromatic nitrogens is 3. The lowest BCUT2D eigenvalue weighted by atomic mass is 10.1. The predicted octanol–water partition coefficient (Wildman–Crippen LogP) is 3.98. The molecule has 1 saturated heterocycles. The fraction of sp³-hybridized carbons (Fsp3) is 0.250. The molecule has 1 aliphatic heterocycles. The molecule has 1 aliphatic rings. The molecular formula is C24H26N4O2. The minimum Gasteiger partial charge on any atom is -0.493 e. The van der Waals surface area contributed by atoms with E-state index in [1.165, 1.54) is 6.33 Å². The van der Waals surface area contributed by atoms with Crippen LogP contribution >= 0.6 is 0 Å². The first-order valence-corrected chi connectivity index (χ1v) is 10.2. The predicted molar refractivity (Wildman–Crippen MR) is 122 cm³/mol. The van der Waals surface area contributed by atoms with E-state index in [0.717, 1.165) is 48.7 Å². The molecule has 1 unspecified atom stereocenters. The molecule has 1 aromatic carbocycles. The second-order valence-corrected chi connectivity index (χ2v) is 7.36. The van der Waals surface area contributed by atoms with E-state index in [0.29, 0.717) is 17.0 Å². The number of nitrogens with zero attached hydrogens (tertiary/aromatic N) is 2. The summed E-state index contributed by atoms with van der Waals surface area (Å²) in [5, 5.41) is 3.36. The van der Waals surface area contributed by atoms with E-state index in [-0.39, 0.29) is 5.56 Å². The summed E-state index contributed by atoms with van der Waals surface area (Å²) in [5.41, 5.74) is 3.69. The van der Waals surface area contributed by atoms with Gasteiger partial charge in [-0.05, 0) is 49.7 Å². The number of hydrogen-bond donors (Lipinski definition) is 2. The van der Waals surface area contributed by atoms with Gasteiger partial charge in [0.2, 0.25) is 0 Å². The number of H-pyrrole nitrogens is 1. The summed E-state index contributed by atoms with van der Waals surface area (Å²) in [7, 11) is 0. The van der Waals surface area contributed by atoms with Crippen molar-refractivity contribution in [2.45, 2.75) is 13.3 Å². The summed E-state index contributed by atoms with van der Waals surface area (Å²) in [6.45, 7) is 8.54. The van der Waals surface area contributed by atoms with E-state index >= 15 is 0 Å². The molecule has 3 aromatic rings. The molecular weight excluding hydrogens is 376 g/mol. The Kier molecular flexibility index (Phi) is 5.95. The fourth-order valence-electron chi connectivity index (χ4n) is 3.79. The van der Waals surface area contributed by atoms with Gasteiger partial charge in [0, 0.05) is 29.9 Å². The van der Waals surface area contributed by atoms with Crippen LogP contribution in [0.15, 0.2) is 72.5 Å². The first-order valence-electron chi connectivity index (χ1n) is 10.2. The molecule has 4 rings (SSSR count). The minimum atomic E-state index is -0.184. The second kappa shape index (κ2) is 8.97. The van der Waals surface area contributed by atoms with Crippen LogP contribution in [0.5, 0.6) is 5.75 Å². The largest absolute Gasteiger partial charge is 0.493 e. The quantitative estimate of drug-likeness (QED) is 0.587. The highest BCUT2D eigenvalue weighted by Crippen LogP contribution is 2.31. The first kappa shape index (κ1) is 19.9. The Morgan fingerprint density at radius 1 is 1.37 bits per heavy atom. The fourth-order valence-corrected chi connectivity index (χ4v) is 3.79. The Bertz CT molecular complexity index is 1150. The van der Waals surface area contributed by atoms with Gasteiger partial charge in [0.1, 0.15) is 16.8 Å². The molecule has 3 heterocycles. The van der Waals surface area contributed by atoms with Crippen LogP contribution in [-0.2, 0) is 0 Å². The van der Waals surface area contributed by atoms with Crippen molar-refractivity contribution in [3.05, 3.63) is 78.0 Å². The van der Waals surface area contributed by atoms with Crippen LogP contribution in [0, 0.1) is 5.92 Å². The highest BCUT2D eigenvalue weighted by Gasteiger charge is 2.17. The molecule has 6 heteroatoms. The third-order valence-electron chi connectivity index (χ3n) is 5.30. The molecule has 0 spiro atoms. The highest BCUT2D eigenvalue weighted by atomic mass is 16.5. The summed E-state index contributed by atoms with van der Waals surface area (Å²) in [5.74, 6) is 1.42. The van der Waals surface area contributed by atoms with Crippen LogP contribution in [0.2, 0.25) is 0 Å². The molecule has 0 bridgehead atoms. The number of rotatable bonds is 7. The van der Waals surface area contributed by atoms with E-state index in [9.17, 15) is 4.79 Å². The lowest BCUT2D eigenvalue weighted by Gasteiger charge is -2.11. The normalized spacial score (nSPS) is 17.1. The van der Waals surface area contributed by atoms with E-state index < -0.39 is 0 Å². The number of hydrogen-bond acceptors (Lipinski definition) is 4.